The summed E-state index contributed by atoms with van der Waals surface area (Å²) < 4.78 is 53.8. The Labute approximate surface area is 205 Å². The van der Waals surface area contributed by atoms with Gasteiger partial charge in [-0.05, 0) is 73.9 Å². The summed E-state index contributed by atoms with van der Waals surface area (Å²) >= 11 is 0. The predicted molar refractivity (Wildman–Crippen MR) is 135 cm³/mol. The maximum Gasteiger partial charge on any atom is 0.264 e. The van der Waals surface area contributed by atoms with Gasteiger partial charge in [0.05, 0.1) is 16.8 Å². The van der Waals surface area contributed by atoms with Gasteiger partial charge in [-0.2, -0.15) is 0 Å². The Balaban J connectivity index is 1.82. The molecule has 0 saturated carbocycles. The maximum absolute atomic E-state index is 13.1. The van der Waals surface area contributed by atoms with Gasteiger partial charge in [0.25, 0.3) is 10.0 Å². The largest absolute Gasteiger partial charge is 0.324 e. The van der Waals surface area contributed by atoms with Gasteiger partial charge in [0.2, 0.25) is 21.9 Å². The lowest BCUT2D eigenvalue weighted by atomic mass is 10.1. The van der Waals surface area contributed by atoms with Crippen molar-refractivity contribution in [2.24, 2.45) is 0 Å². The third kappa shape index (κ3) is 6.34. The molecule has 2 N–H and O–H groups in total. The van der Waals surface area contributed by atoms with E-state index in [1.807, 2.05) is 13.8 Å². The van der Waals surface area contributed by atoms with Gasteiger partial charge in [-0.1, -0.05) is 13.0 Å². The topological polar surface area (TPSA) is 138 Å². The number of carbonyl (C=O) groups is 1. The van der Waals surface area contributed by atoms with Crippen LogP contribution in [0.5, 0.6) is 0 Å². The van der Waals surface area contributed by atoms with Crippen molar-refractivity contribution in [1.29, 1.82) is 0 Å². The summed E-state index contributed by atoms with van der Waals surface area (Å²) in [5.41, 5.74) is 2.62. The van der Waals surface area contributed by atoms with Crippen LogP contribution in [0.3, 0.4) is 0 Å². The van der Waals surface area contributed by atoms with Crippen LogP contribution in [0.4, 0.5) is 17.3 Å². The fraction of sp³-hybridized carbons (Fsp3) is 0.261. The molecule has 0 spiro atoms. The van der Waals surface area contributed by atoms with E-state index < -0.39 is 32.0 Å². The zero-order valence-corrected chi connectivity index (χ0v) is 21.4. The maximum atomic E-state index is 13.1. The average Bonchev–Trinajstić information content (AvgIpc) is 2.79. The van der Waals surface area contributed by atoms with Crippen molar-refractivity contribution in [1.82, 2.24) is 9.97 Å². The SMILES string of the molecule is CC[C@H](C(=O)Nc1ccc(S(=O)(=O)Nc2ncccn2)cc1)N(c1ccc(C)c(C)c1)S(C)(=O)=O. The molecule has 1 heterocycles. The van der Waals surface area contributed by atoms with Crippen LogP contribution in [0.1, 0.15) is 24.5 Å². The van der Waals surface area contributed by atoms with Gasteiger partial charge in [0.1, 0.15) is 6.04 Å². The molecule has 0 aliphatic heterocycles. The molecule has 2 aromatic carbocycles. The van der Waals surface area contributed by atoms with Crippen LogP contribution in [-0.4, -0.2) is 45.0 Å². The van der Waals surface area contributed by atoms with E-state index in [9.17, 15) is 21.6 Å². The Bertz CT molecular complexity index is 1410. The lowest BCUT2D eigenvalue weighted by Gasteiger charge is -2.30. The van der Waals surface area contributed by atoms with Gasteiger partial charge in [0.15, 0.2) is 0 Å². The van der Waals surface area contributed by atoms with E-state index in [1.54, 1.807) is 31.2 Å². The van der Waals surface area contributed by atoms with Gasteiger partial charge in [-0.15, -0.1) is 0 Å². The minimum atomic E-state index is -3.93. The van der Waals surface area contributed by atoms with Gasteiger partial charge >= 0.3 is 0 Å². The second-order valence-electron chi connectivity index (χ2n) is 7.94. The van der Waals surface area contributed by atoms with Crippen molar-refractivity contribution >= 4 is 43.3 Å². The van der Waals surface area contributed by atoms with E-state index in [0.717, 1.165) is 21.7 Å². The van der Waals surface area contributed by atoms with Crippen LogP contribution in [0.25, 0.3) is 0 Å². The van der Waals surface area contributed by atoms with Crippen molar-refractivity contribution in [3.8, 4) is 0 Å². The van der Waals surface area contributed by atoms with Crippen molar-refractivity contribution in [3.63, 3.8) is 0 Å². The molecule has 0 fully saturated rings. The molecule has 35 heavy (non-hydrogen) atoms. The lowest BCUT2D eigenvalue weighted by molar-refractivity contribution is -0.117. The first-order valence-electron chi connectivity index (χ1n) is 10.7. The number of rotatable bonds is 9. The number of carbonyl (C=O) groups excluding carboxylic acids is 1. The van der Waals surface area contributed by atoms with E-state index in [2.05, 4.69) is 20.0 Å². The van der Waals surface area contributed by atoms with Crippen molar-refractivity contribution in [3.05, 3.63) is 72.1 Å². The fourth-order valence-electron chi connectivity index (χ4n) is 3.40. The number of aromatic nitrogens is 2. The van der Waals surface area contributed by atoms with Crippen molar-refractivity contribution in [2.45, 2.75) is 38.1 Å². The molecule has 0 radical (unpaired) electrons. The number of nitrogens with zero attached hydrogens (tertiary/aromatic N) is 3. The molecular weight excluding hydrogens is 490 g/mol. The van der Waals surface area contributed by atoms with Gasteiger partial charge in [-0.25, -0.2) is 31.5 Å². The summed E-state index contributed by atoms with van der Waals surface area (Å²) in [4.78, 5) is 20.7. The number of anilines is 3. The van der Waals surface area contributed by atoms with Gasteiger partial charge < -0.3 is 5.32 Å². The molecule has 12 heteroatoms. The second-order valence-corrected chi connectivity index (χ2v) is 11.5. The number of sulfonamides is 2. The summed E-state index contributed by atoms with van der Waals surface area (Å²) in [5.74, 6) is -0.606. The Morgan fingerprint density at radius 2 is 1.60 bits per heavy atom. The van der Waals surface area contributed by atoms with Crippen molar-refractivity contribution in [2.75, 3.05) is 20.6 Å². The first kappa shape index (κ1) is 26.1. The van der Waals surface area contributed by atoms with Crippen LogP contribution in [0.15, 0.2) is 65.8 Å². The molecule has 1 atom stereocenters. The minimum Gasteiger partial charge on any atom is -0.324 e. The third-order valence-corrected chi connectivity index (χ3v) is 7.82. The van der Waals surface area contributed by atoms with Crippen LogP contribution >= 0.6 is 0 Å². The summed E-state index contributed by atoms with van der Waals surface area (Å²) in [6, 6.07) is 11.2. The number of hydrogen-bond donors (Lipinski definition) is 2. The molecule has 1 amide bonds. The Kier molecular flexibility index (Phi) is 7.76. The molecule has 186 valence electrons. The Hall–Kier alpha value is -3.51. The fourth-order valence-corrected chi connectivity index (χ4v) is 5.56. The van der Waals surface area contributed by atoms with E-state index in [-0.39, 0.29) is 17.3 Å². The molecule has 3 rings (SSSR count). The summed E-state index contributed by atoms with van der Waals surface area (Å²) in [6.07, 6.45) is 4.09. The van der Waals surface area contributed by atoms with E-state index in [4.69, 9.17) is 0 Å². The number of benzene rings is 2. The van der Waals surface area contributed by atoms with Crippen molar-refractivity contribution < 1.29 is 21.6 Å². The molecular formula is C23H27N5O5S2. The van der Waals surface area contributed by atoms with E-state index in [0.29, 0.717) is 11.4 Å². The number of nitrogens with one attached hydrogen (secondary N) is 2. The van der Waals surface area contributed by atoms with Crippen LogP contribution in [-0.2, 0) is 24.8 Å². The monoisotopic (exact) mass is 517 g/mol. The van der Waals surface area contributed by atoms with Crippen LogP contribution in [0, 0.1) is 13.8 Å². The molecule has 0 aliphatic rings. The molecule has 0 unspecified atom stereocenters. The molecule has 3 aromatic rings. The highest BCUT2D eigenvalue weighted by Gasteiger charge is 2.31. The first-order valence-corrected chi connectivity index (χ1v) is 14.0. The summed E-state index contributed by atoms with van der Waals surface area (Å²) in [6.45, 7) is 5.51. The zero-order valence-electron chi connectivity index (χ0n) is 19.8. The van der Waals surface area contributed by atoms with Crippen LogP contribution < -0.4 is 14.3 Å². The third-order valence-electron chi connectivity index (χ3n) is 5.30. The first-order chi connectivity index (χ1) is 16.4. The highest BCUT2D eigenvalue weighted by Crippen LogP contribution is 2.26. The number of aryl methyl sites for hydroxylation is 2. The molecule has 1 aromatic heterocycles. The van der Waals surface area contributed by atoms with Crippen LogP contribution in [0.2, 0.25) is 0 Å². The molecule has 0 aliphatic carbocycles. The van der Waals surface area contributed by atoms with E-state index in [1.165, 1.54) is 36.7 Å². The zero-order chi connectivity index (χ0) is 25.8. The normalized spacial score (nSPS) is 12.6. The Morgan fingerprint density at radius 3 is 2.14 bits per heavy atom. The lowest BCUT2D eigenvalue weighted by Crippen LogP contribution is -2.47. The Morgan fingerprint density at radius 1 is 0.971 bits per heavy atom. The standard InChI is InChI=1S/C23H27N5O5S2/c1-5-21(28(34(4,30)31)19-10-7-16(2)17(3)15-19)22(29)26-18-8-11-20(12-9-18)35(32,33)27-23-24-13-6-14-25-23/h6-15,21H,5H2,1-4H3,(H,26,29)(H,24,25,27)/t21-/m1/s1. The minimum absolute atomic E-state index is 0.0529. The molecule has 0 saturated heterocycles. The quantitative estimate of drug-likeness (QED) is 0.445. The summed E-state index contributed by atoms with van der Waals surface area (Å²) in [7, 11) is -7.71. The van der Waals surface area contributed by atoms with Gasteiger partial charge in [0, 0.05) is 18.1 Å². The molecule has 0 bridgehead atoms. The molecule has 10 nitrogen and oxygen atoms in total. The average molecular weight is 518 g/mol. The second kappa shape index (κ2) is 10.4. The number of amides is 1. The predicted octanol–water partition coefficient (Wildman–Crippen LogP) is 3.08. The smallest absolute Gasteiger partial charge is 0.264 e. The van der Waals surface area contributed by atoms with Gasteiger partial charge in [-0.3, -0.25) is 9.10 Å². The highest BCUT2D eigenvalue weighted by molar-refractivity contribution is 7.92. The van der Waals surface area contributed by atoms with E-state index >= 15 is 0 Å². The highest BCUT2D eigenvalue weighted by atomic mass is 32.2. The number of hydrogen-bond acceptors (Lipinski definition) is 7. The summed E-state index contributed by atoms with van der Waals surface area (Å²) in [5, 5.41) is 2.68.